The number of benzene rings is 1. The molecule has 1 saturated carbocycles. The smallest absolute Gasteiger partial charge is 0.414 e. The zero-order chi connectivity index (χ0) is 24.4. The summed E-state index contributed by atoms with van der Waals surface area (Å²) in [6, 6.07) is 8.09. The molecular formula is C24H28FN5O4S. The Balaban J connectivity index is 1.22. The third-order valence-corrected chi connectivity index (χ3v) is 8.32. The number of anilines is 1. The number of rotatable bonds is 8. The SMILES string of the molecule is O=C1O[C@@H](CNS(=O)(=O)C2CC2)CN1c1ccc(-c2ccc(/C=N/N3CCCCC3)nc2)c(F)c1. The van der Waals surface area contributed by atoms with E-state index in [1.54, 1.807) is 36.7 Å². The molecule has 1 aromatic carbocycles. The van der Waals surface area contributed by atoms with E-state index in [0.29, 0.717) is 35.3 Å². The van der Waals surface area contributed by atoms with E-state index in [1.165, 1.54) is 17.4 Å². The second kappa shape index (κ2) is 9.90. The fourth-order valence-electron chi connectivity index (χ4n) is 4.22. The highest BCUT2D eigenvalue weighted by molar-refractivity contribution is 7.90. The van der Waals surface area contributed by atoms with Crippen LogP contribution in [0, 0.1) is 5.82 Å². The van der Waals surface area contributed by atoms with Crippen molar-refractivity contribution < 1.29 is 22.3 Å². The molecule has 0 bridgehead atoms. The molecule has 3 fully saturated rings. The first-order valence-corrected chi connectivity index (χ1v) is 13.5. The van der Waals surface area contributed by atoms with E-state index < -0.39 is 28.0 Å². The minimum Gasteiger partial charge on any atom is -0.443 e. The minimum absolute atomic E-state index is 0.000715. The third-order valence-electron chi connectivity index (χ3n) is 6.40. The van der Waals surface area contributed by atoms with E-state index in [0.717, 1.165) is 25.9 Å². The average molecular weight is 502 g/mol. The summed E-state index contributed by atoms with van der Waals surface area (Å²) in [7, 11) is -3.37. The fraction of sp³-hybridized carbons (Fsp3) is 0.458. The third kappa shape index (κ3) is 5.62. The summed E-state index contributed by atoms with van der Waals surface area (Å²) in [5, 5.41) is 6.16. The van der Waals surface area contributed by atoms with Crippen molar-refractivity contribution in [2.24, 2.45) is 5.10 Å². The van der Waals surface area contributed by atoms with E-state index in [2.05, 4.69) is 14.8 Å². The van der Waals surface area contributed by atoms with E-state index in [9.17, 15) is 17.6 Å². The molecule has 5 rings (SSSR count). The zero-order valence-electron chi connectivity index (χ0n) is 19.3. The quantitative estimate of drug-likeness (QED) is 0.558. The van der Waals surface area contributed by atoms with Crippen molar-refractivity contribution in [3.63, 3.8) is 0 Å². The van der Waals surface area contributed by atoms with E-state index >= 15 is 0 Å². The number of halogens is 1. The van der Waals surface area contributed by atoms with Crippen molar-refractivity contribution >= 4 is 28.0 Å². The number of aromatic nitrogens is 1. The van der Waals surface area contributed by atoms with Crippen molar-refractivity contribution in [2.75, 3.05) is 31.1 Å². The van der Waals surface area contributed by atoms with Gasteiger partial charge in [-0.1, -0.05) is 6.07 Å². The maximum absolute atomic E-state index is 15.0. The van der Waals surface area contributed by atoms with Gasteiger partial charge < -0.3 is 4.74 Å². The lowest BCUT2D eigenvalue weighted by molar-refractivity contribution is 0.143. The van der Waals surface area contributed by atoms with Crippen LogP contribution in [0.1, 0.15) is 37.8 Å². The van der Waals surface area contributed by atoms with Crippen LogP contribution in [0.5, 0.6) is 0 Å². The summed E-state index contributed by atoms with van der Waals surface area (Å²) in [6.45, 7) is 2.04. The lowest BCUT2D eigenvalue weighted by atomic mass is 10.1. The first kappa shape index (κ1) is 23.7. The number of cyclic esters (lactones) is 1. The van der Waals surface area contributed by atoms with Crippen LogP contribution < -0.4 is 9.62 Å². The average Bonchev–Trinajstić information content (AvgIpc) is 3.66. The topological polar surface area (TPSA) is 104 Å². The molecule has 1 amide bonds. The highest BCUT2D eigenvalue weighted by atomic mass is 32.2. The Bertz CT molecular complexity index is 1210. The number of hydrogen-bond acceptors (Lipinski definition) is 7. The Labute approximate surface area is 204 Å². The lowest BCUT2D eigenvalue weighted by Crippen LogP contribution is -2.36. The zero-order valence-corrected chi connectivity index (χ0v) is 20.1. The minimum atomic E-state index is -3.37. The van der Waals surface area contributed by atoms with Gasteiger partial charge >= 0.3 is 6.09 Å². The van der Waals surface area contributed by atoms with Crippen LogP contribution >= 0.6 is 0 Å². The van der Waals surface area contributed by atoms with Crippen molar-refractivity contribution in [3.05, 3.63) is 48.0 Å². The number of hydrazone groups is 1. The van der Waals surface area contributed by atoms with Crippen molar-refractivity contribution in [1.29, 1.82) is 0 Å². The maximum Gasteiger partial charge on any atom is 0.414 e. The molecule has 1 atom stereocenters. The van der Waals surface area contributed by atoms with Crippen LogP contribution in [0.25, 0.3) is 11.1 Å². The molecule has 0 unspecified atom stereocenters. The molecule has 1 aliphatic carbocycles. The van der Waals surface area contributed by atoms with Gasteiger partial charge in [0.2, 0.25) is 10.0 Å². The van der Waals surface area contributed by atoms with Gasteiger partial charge in [0.25, 0.3) is 0 Å². The predicted molar refractivity (Wildman–Crippen MR) is 130 cm³/mol. The summed E-state index contributed by atoms with van der Waals surface area (Å²) in [6.07, 6.45) is 6.89. The Morgan fingerprint density at radius 3 is 2.66 bits per heavy atom. The largest absolute Gasteiger partial charge is 0.443 e. The molecule has 2 aliphatic heterocycles. The first-order valence-electron chi connectivity index (χ1n) is 11.9. The van der Waals surface area contributed by atoms with Crippen molar-refractivity contribution in [1.82, 2.24) is 14.7 Å². The van der Waals surface area contributed by atoms with Crippen molar-refractivity contribution in [2.45, 2.75) is 43.5 Å². The summed E-state index contributed by atoms with van der Waals surface area (Å²) in [5.74, 6) is -0.496. The molecule has 0 spiro atoms. The van der Waals surface area contributed by atoms with Gasteiger partial charge in [-0.25, -0.2) is 22.3 Å². The number of sulfonamides is 1. The highest BCUT2D eigenvalue weighted by Gasteiger charge is 2.38. The number of carbonyl (C=O) groups is 1. The Morgan fingerprint density at radius 2 is 1.97 bits per heavy atom. The number of ether oxygens (including phenoxy) is 1. The summed E-state index contributed by atoms with van der Waals surface area (Å²) in [5.41, 5.74) is 2.02. The Morgan fingerprint density at radius 1 is 1.17 bits per heavy atom. The van der Waals surface area contributed by atoms with Gasteiger partial charge in [0.05, 0.1) is 29.4 Å². The molecular weight excluding hydrogens is 473 g/mol. The monoisotopic (exact) mass is 501 g/mol. The molecule has 3 heterocycles. The van der Waals surface area contributed by atoms with Gasteiger partial charge in [0.1, 0.15) is 11.9 Å². The number of hydrogen-bond donors (Lipinski definition) is 1. The van der Waals surface area contributed by atoms with Crippen LogP contribution in [-0.2, 0) is 14.8 Å². The predicted octanol–water partition coefficient (Wildman–Crippen LogP) is 3.11. The molecule has 35 heavy (non-hydrogen) atoms. The number of piperidine rings is 1. The normalized spacial score (nSPS) is 21.1. The van der Waals surface area contributed by atoms with Crippen LogP contribution in [0.3, 0.4) is 0 Å². The number of amides is 1. The van der Waals surface area contributed by atoms with Gasteiger partial charge in [0, 0.05) is 37.0 Å². The molecule has 3 aliphatic rings. The van der Waals surface area contributed by atoms with Gasteiger partial charge in [-0.05, 0) is 56.4 Å². The van der Waals surface area contributed by atoms with Gasteiger partial charge in [0.15, 0.2) is 0 Å². The molecule has 9 nitrogen and oxygen atoms in total. The summed E-state index contributed by atoms with van der Waals surface area (Å²) >= 11 is 0. The standard InChI is InChI=1S/C24H28FN5O4S/c25-23-12-19(30-16-20(34-24(30)31)15-28-35(32,33)21-7-8-21)6-9-22(23)17-4-5-18(26-13-17)14-27-29-10-2-1-3-11-29/h4-6,9,12-14,20-21,28H,1-3,7-8,10-11,15-16H2/b27-14+/t20-/m0/s1. The van der Waals surface area contributed by atoms with Crippen LogP contribution in [0.15, 0.2) is 41.6 Å². The van der Waals surface area contributed by atoms with E-state index in [1.807, 2.05) is 5.01 Å². The van der Waals surface area contributed by atoms with Crippen molar-refractivity contribution in [3.8, 4) is 11.1 Å². The number of carbonyl (C=O) groups excluding carboxylic acids is 1. The highest BCUT2D eigenvalue weighted by Crippen LogP contribution is 2.30. The molecule has 2 saturated heterocycles. The lowest BCUT2D eigenvalue weighted by Gasteiger charge is -2.23. The molecule has 11 heteroatoms. The Kier molecular flexibility index (Phi) is 6.70. The second-order valence-corrected chi connectivity index (χ2v) is 11.1. The summed E-state index contributed by atoms with van der Waals surface area (Å²) < 4.78 is 46.7. The van der Waals surface area contributed by atoms with Crippen LogP contribution in [0.2, 0.25) is 0 Å². The molecule has 0 radical (unpaired) electrons. The van der Waals surface area contributed by atoms with E-state index in [-0.39, 0.29) is 18.3 Å². The van der Waals surface area contributed by atoms with Gasteiger partial charge in [-0.3, -0.25) is 14.9 Å². The van der Waals surface area contributed by atoms with Crippen LogP contribution in [0.4, 0.5) is 14.9 Å². The molecule has 2 aromatic rings. The molecule has 186 valence electrons. The first-order chi connectivity index (χ1) is 16.9. The molecule has 1 N–H and O–H groups in total. The summed E-state index contributed by atoms with van der Waals surface area (Å²) in [4.78, 5) is 18.0. The van der Waals surface area contributed by atoms with Gasteiger partial charge in [-0.15, -0.1) is 0 Å². The Hall–Kier alpha value is -3.05. The van der Waals surface area contributed by atoms with Crippen LogP contribution in [-0.4, -0.2) is 68.3 Å². The number of nitrogens with zero attached hydrogens (tertiary/aromatic N) is 4. The fourth-order valence-corrected chi connectivity index (χ4v) is 5.64. The number of nitrogens with one attached hydrogen (secondary N) is 1. The van der Waals surface area contributed by atoms with E-state index in [4.69, 9.17) is 4.74 Å². The maximum atomic E-state index is 15.0. The van der Waals surface area contributed by atoms with Gasteiger partial charge in [-0.2, -0.15) is 5.10 Å². The number of pyridine rings is 1. The second-order valence-electron chi connectivity index (χ2n) is 9.10. The molecule has 1 aromatic heterocycles.